The molecule has 92 valence electrons. The molecule has 1 aromatic carbocycles. The predicted molar refractivity (Wildman–Crippen MR) is 77.1 cm³/mol. The van der Waals surface area contributed by atoms with E-state index in [0.717, 1.165) is 23.8 Å². The average molecular weight is 360 g/mol. The largest absolute Gasteiger partial charge is 0.493 e. The first kappa shape index (κ1) is 12.0. The van der Waals surface area contributed by atoms with Crippen molar-refractivity contribution in [3.63, 3.8) is 0 Å². The van der Waals surface area contributed by atoms with Crippen molar-refractivity contribution in [3.05, 3.63) is 27.7 Å². The van der Waals surface area contributed by atoms with Crippen LogP contribution in [0.2, 0.25) is 0 Å². The molecule has 2 aliphatic rings. The summed E-state index contributed by atoms with van der Waals surface area (Å²) >= 11 is 7.34. The third-order valence-electron chi connectivity index (χ3n) is 3.81. The smallest absolute Gasteiger partial charge is 0.125 e. The van der Waals surface area contributed by atoms with Gasteiger partial charge in [0.1, 0.15) is 5.75 Å². The molecule has 1 heterocycles. The van der Waals surface area contributed by atoms with Gasteiger partial charge in [-0.25, -0.2) is 0 Å². The summed E-state index contributed by atoms with van der Waals surface area (Å²) in [6, 6.07) is 4.44. The molecule has 0 aromatic heterocycles. The van der Waals surface area contributed by atoms with Gasteiger partial charge < -0.3 is 4.74 Å². The minimum atomic E-state index is 0.730. The highest BCUT2D eigenvalue weighted by molar-refractivity contribution is 9.10. The lowest BCUT2D eigenvalue weighted by Gasteiger charge is -2.13. The fourth-order valence-corrected chi connectivity index (χ4v) is 4.35. The molecule has 3 heteroatoms. The van der Waals surface area contributed by atoms with E-state index >= 15 is 0 Å². The van der Waals surface area contributed by atoms with Crippen LogP contribution >= 0.6 is 31.9 Å². The van der Waals surface area contributed by atoms with E-state index in [4.69, 9.17) is 4.74 Å². The Morgan fingerprint density at radius 2 is 2.18 bits per heavy atom. The van der Waals surface area contributed by atoms with Crippen LogP contribution in [0.1, 0.15) is 30.4 Å². The van der Waals surface area contributed by atoms with Gasteiger partial charge in [-0.1, -0.05) is 31.9 Å². The van der Waals surface area contributed by atoms with Gasteiger partial charge in [0.25, 0.3) is 0 Å². The molecular weight excluding hydrogens is 344 g/mol. The fourth-order valence-electron chi connectivity index (χ4n) is 3.01. The van der Waals surface area contributed by atoms with E-state index in [1.165, 1.54) is 47.0 Å². The van der Waals surface area contributed by atoms with Crippen LogP contribution in [0.5, 0.6) is 5.75 Å². The summed E-state index contributed by atoms with van der Waals surface area (Å²) in [6.07, 6.45) is 6.21. The maximum Gasteiger partial charge on any atom is 0.125 e. The van der Waals surface area contributed by atoms with E-state index in [9.17, 15) is 0 Å². The Morgan fingerprint density at radius 3 is 2.94 bits per heavy atom. The molecule has 0 amide bonds. The van der Waals surface area contributed by atoms with E-state index in [1.807, 2.05) is 0 Å². The van der Waals surface area contributed by atoms with Gasteiger partial charge in [-0.2, -0.15) is 0 Å². The van der Waals surface area contributed by atoms with Crippen molar-refractivity contribution >= 4 is 31.9 Å². The zero-order chi connectivity index (χ0) is 11.8. The second kappa shape index (κ2) is 4.93. The molecule has 3 rings (SSSR count). The quantitative estimate of drug-likeness (QED) is 0.707. The van der Waals surface area contributed by atoms with Gasteiger partial charge in [0, 0.05) is 15.7 Å². The van der Waals surface area contributed by atoms with Crippen LogP contribution in [0.3, 0.4) is 0 Å². The first-order valence-corrected chi connectivity index (χ1v) is 8.01. The Labute approximate surface area is 119 Å². The van der Waals surface area contributed by atoms with Crippen molar-refractivity contribution in [2.24, 2.45) is 5.92 Å². The minimum Gasteiger partial charge on any atom is -0.493 e. The molecule has 17 heavy (non-hydrogen) atoms. The summed E-state index contributed by atoms with van der Waals surface area (Å²) < 4.78 is 6.99. The minimum absolute atomic E-state index is 0.730. The number of alkyl halides is 1. The number of benzene rings is 1. The summed E-state index contributed by atoms with van der Waals surface area (Å²) in [5, 5.41) is 0. The Hall–Kier alpha value is -0.0200. The Balaban J connectivity index is 1.83. The summed E-state index contributed by atoms with van der Waals surface area (Å²) in [6.45, 7) is 0.852. The van der Waals surface area contributed by atoms with Gasteiger partial charge in [0.05, 0.1) is 6.61 Å². The summed E-state index contributed by atoms with van der Waals surface area (Å²) in [4.78, 5) is 0.730. The first-order chi connectivity index (χ1) is 8.22. The predicted octanol–water partition coefficient (Wildman–Crippen LogP) is 4.49. The maximum absolute atomic E-state index is 5.79. The monoisotopic (exact) mass is 358 g/mol. The van der Waals surface area contributed by atoms with Crippen LogP contribution in [0.15, 0.2) is 16.6 Å². The molecular formula is C14H16Br2O. The van der Waals surface area contributed by atoms with E-state index in [1.54, 1.807) is 0 Å². The summed E-state index contributed by atoms with van der Waals surface area (Å²) in [7, 11) is 0. The molecule has 0 spiro atoms. The fraction of sp³-hybridized carbons (Fsp3) is 0.571. The van der Waals surface area contributed by atoms with Crippen LogP contribution < -0.4 is 4.74 Å². The molecule has 0 N–H and O–H groups in total. The van der Waals surface area contributed by atoms with Gasteiger partial charge in [-0.05, 0) is 54.9 Å². The van der Waals surface area contributed by atoms with Crippen LogP contribution in [-0.2, 0) is 12.8 Å². The third-order valence-corrected chi connectivity index (χ3v) is 5.10. The van der Waals surface area contributed by atoms with Crippen molar-refractivity contribution in [2.45, 2.75) is 36.9 Å². The van der Waals surface area contributed by atoms with Gasteiger partial charge in [0.2, 0.25) is 0 Å². The average Bonchev–Trinajstić information content (AvgIpc) is 2.87. The highest BCUT2D eigenvalue weighted by Gasteiger charge is 2.25. The van der Waals surface area contributed by atoms with Crippen LogP contribution in [0.25, 0.3) is 0 Å². The number of rotatable bonds is 2. The molecule has 0 radical (unpaired) electrons. The van der Waals surface area contributed by atoms with Crippen LogP contribution in [0.4, 0.5) is 0 Å². The Morgan fingerprint density at radius 1 is 1.29 bits per heavy atom. The molecule has 0 saturated heterocycles. The van der Waals surface area contributed by atoms with Gasteiger partial charge in [-0.3, -0.25) is 0 Å². The first-order valence-electron chi connectivity index (χ1n) is 6.30. The molecule has 1 aliphatic heterocycles. The lowest BCUT2D eigenvalue weighted by atomic mass is 9.96. The summed E-state index contributed by atoms with van der Waals surface area (Å²) in [5.41, 5.74) is 2.78. The number of fused-ring (bicyclic) bond motifs is 1. The third kappa shape index (κ3) is 2.55. The molecule has 2 unspecified atom stereocenters. The SMILES string of the molecule is Brc1cc2c(c(CC3CCC(Br)C3)c1)OCC2. The maximum atomic E-state index is 5.79. The molecule has 1 aliphatic carbocycles. The number of hydrogen-bond acceptors (Lipinski definition) is 1. The molecule has 2 atom stereocenters. The zero-order valence-corrected chi connectivity index (χ0v) is 12.9. The highest BCUT2D eigenvalue weighted by Crippen LogP contribution is 2.38. The van der Waals surface area contributed by atoms with Crippen molar-refractivity contribution in [1.82, 2.24) is 0 Å². The van der Waals surface area contributed by atoms with E-state index in [0.29, 0.717) is 0 Å². The zero-order valence-electron chi connectivity index (χ0n) is 9.72. The Kier molecular flexibility index (Phi) is 3.49. The summed E-state index contributed by atoms with van der Waals surface area (Å²) in [5.74, 6) is 1.99. The van der Waals surface area contributed by atoms with Gasteiger partial charge in [-0.15, -0.1) is 0 Å². The molecule has 1 saturated carbocycles. The van der Waals surface area contributed by atoms with Crippen molar-refractivity contribution < 1.29 is 4.74 Å². The molecule has 1 fully saturated rings. The molecule has 1 aromatic rings. The lowest BCUT2D eigenvalue weighted by molar-refractivity contribution is 0.351. The van der Waals surface area contributed by atoms with E-state index in [2.05, 4.69) is 44.0 Å². The lowest BCUT2D eigenvalue weighted by Crippen LogP contribution is -2.02. The molecule has 1 nitrogen and oxygen atoms in total. The van der Waals surface area contributed by atoms with Gasteiger partial charge in [0.15, 0.2) is 0 Å². The van der Waals surface area contributed by atoms with E-state index < -0.39 is 0 Å². The standard InChI is InChI=1S/C14H16Br2O/c15-12-2-1-9(6-12)5-11-8-13(16)7-10-3-4-17-14(10)11/h7-9,12H,1-6H2. The van der Waals surface area contributed by atoms with Gasteiger partial charge >= 0.3 is 0 Å². The topological polar surface area (TPSA) is 9.23 Å². The van der Waals surface area contributed by atoms with Crippen molar-refractivity contribution in [1.29, 1.82) is 0 Å². The molecule has 0 bridgehead atoms. The van der Waals surface area contributed by atoms with Crippen molar-refractivity contribution in [3.8, 4) is 5.75 Å². The Bertz CT molecular complexity index is 430. The normalized spacial score (nSPS) is 26.9. The number of hydrogen-bond donors (Lipinski definition) is 0. The highest BCUT2D eigenvalue weighted by atomic mass is 79.9. The van der Waals surface area contributed by atoms with Crippen LogP contribution in [0, 0.1) is 5.92 Å². The van der Waals surface area contributed by atoms with E-state index in [-0.39, 0.29) is 0 Å². The number of halogens is 2. The number of ether oxygens (including phenoxy) is 1. The van der Waals surface area contributed by atoms with Crippen molar-refractivity contribution in [2.75, 3.05) is 6.61 Å². The second-order valence-corrected chi connectivity index (χ2v) is 7.34. The van der Waals surface area contributed by atoms with Crippen LogP contribution in [-0.4, -0.2) is 11.4 Å². The second-order valence-electron chi connectivity index (χ2n) is 5.13.